The molecule has 3 fully saturated rings. The third-order valence-corrected chi connectivity index (χ3v) is 3.15. The van der Waals surface area contributed by atoms with Crippen molar-refractivity contribution in [3.05, 3.63) is 0 Å². The molecule has 0 aromatic heterocycles. The van der Waals surface area contributed by atoms with Gasteiger partial charge in [-0.3, -0.25) is 9.69 Å². The van der Waals surface area contributed by atoms with Gasteiger partial charge in [-0.25, -0.2) is 0 Å². The van der Waals surface area contributed by atoms with Gasteiger partial charge in [0.2, 0.25) is 0 Å². The number of aliphatic carboxylic acids is 1. The topological polar surface area (TPSA) is 49.8 Å². The number of methoxy groups -OCH3 is 1. The van der Waals surface area contributed by atoms with Gasteiger partial charge >= 0.3 is 5.97 Å². The maximum absolute atomic E-state index is 10.5. The number of hydrogen-bond acceptors (Lipinski definition) is 3. The van der Waals surface area contributed by atoms with E-state index in [2.05, 4.69) is 0 Å². The summed E-state index contributed by atoms with van der Waals surface area (Å²) in [5, 5.41) is 8.62. The molecule has 0 spiro atoms. The van der Waals surface area contributed by atoms with Crippen molar-refractivity contribution in [2.24, 2.45) is 11.8 Å². The van der Waals surface area contributed by atoms with Crippen LogP contribution in [-0.4, -0.2) is 48.8 Å². The molecule has 0 aromatic rings. The van der Waals surface area contributed by atoms with Crippen molar-refractivity contribution in [1.82, 2.24) is 4.90 Å². The fraction of sp³-hybridized carbons (Fsp3) is 0.889. The van der Waals surface area contributed by atoms with Crippen LogP contribution in [0.4, 0.5) is 0 Å². The molecule has 0 unspecified atom stereocenters. The molecule has 2 bridgehead atoms. The first-order valence-electron chi connectivity index (χ1n) is 4.67. The van der Waals surface area contributed by atoms with Crippen LogP contribution in [0.5, 0.6) is 0 Å². The van der Waals surface area contributed by atoms with E-state index in [1.54, 1.807) is 7.11 Å². The van der Waals surface area contributed by atoms with Crippen LogP contribution in [0.25, 0.3) is 0 Å². The SMILES string of the molecule is COC1[C@H]2C[C@H]1CN(CC(=O)O)C2. The summed E-state index contributed by atoms with van der Waals surface area (Å²) in [4.78, 5) is 12.5. The monoisotopic (exact) mass is 185 g/mol. The zero-order chi connectivity index (χ0) is 9.42. The minimum atomic E-state index is -0.727. The summed E-state index contributed by atoms with van der Waals surface area (Å²) < 4.78 is 5.33. The smallest absolute Gasteiger partial charge is 0.317 e. The highest BCUT2D eigenvalue weighted by molar-refractivity contribution is 5.69. The van der Waals surface area contributed by atoms with Crippen LogP contribution in [-0.2, 0) is 9.53 Å². The predicted molar refractivity (Wildman–Crippen MR) is 46.5 cm³/mol. The van der Waals surface area contributed by atoms with E-state index in [1.165, 1.54) is 6.42 Å². The van der Waals surface area contributed by atoms with Gasteiger partial charge in [0, 0.05) is 20.2 Å². The molecule has 2 atom stereocenters. The Morgan fingerprint density at radius 2 is 2.15 bits per heavy atom. The Balaban J connectivity index is 1.85. The lowest BCUT2D eigenvalue weighted by Gasteiger charge is -2.52. The Kier molecular flexibility index (Phi) is 2.26. The maximum atomic E-state index is 10.5. The van der Waals surface area contributed by atoms with Gasteiger partial charge in [0.1, 0.15) is 0 Å². The molecule has 0 radical (unpaired) electrons. The summed E-state index contributed by atoms with van der Waals surface area (Å²) in [5.74, 6) is 0.418. The molecule has 0 aromatic carbocycles. The first-order valence-corrected chi connectivity index (χ1v) is 4.67. The summed E-state index contributed by atoms with van der Waals surface area (Å²) in [6.45, 7) is 1.96. The highest BCUT2D eigenvalue weighted by Gasteiger charge is 2.46. The molecule has 4 nitrogen and oxygen atoms in total. The van der Waals surface area contributed by atoms with E-state index in [0.717, 1.165) is 13.1 Å². The fourth-order valence-electron chi connectivity index (χ4n) is 2.65. The Hall–Kier alpha value is -0.610. The Labute approximate surface area is 77.5 Å². The number of ether oxygens (including phenoxy) is 1. The third kappa shape index (κ3) is 1.56. The molecular formula is C9H15NO3. The van der Waals surface area contributed by atoms with Crippen molar-refractivity contribution in [2.75, 3.05) is 26.7 Å². The van der Waals surface area contributed by atoms with Crippen molar-refractivity contribution in [3.8, 4) is 0 Å². The number of carboxylic acid groups (broad SMARTS) is 1. The lowest BCUT2D eigenvalue weighted by Crippen LogP contribution is -2.59. The summed E-state index contributed by atoms with van der Waals surface area (Å²) in [7, 11) is 1.75. The van der Waals surface area contributed by atoms with Crippen LogP contribution < -0.4 is 0 Å². The molecule has 74 valence electrons. The molecule has 3 rings (SSSR count). The largest absolute Gasteiger partial charge is 0.480 e. The van der Waals surface area contributed by atoms with Crippen LogP contribution >= 0.6 is 0 Å². The van der Waals surface area contributed by atoms with E-state index in [0.29, 0.717) is 17.9 Å². The molecule has 1 saturated carbocycles. The maximum Gasteiger partial charge on any atom is 0.317 e. The van der Waals surface area contributed by atoms with Gasteiger partial charge in [0.15, 0.2) is 0 Å². The van der Waals surface area contributed by atoms with Crippen LogP contribution in [0.15, 0.2) is 0 Å². The zero-order valence-corrected chi connectivity index (χ0v) is 7.77. The average Bonchev–Trinajstić information content (AvgIpc) is 2.03. The Morgan fingerprint density at radius 1 is 1.54 bits per heavy atom. The van der Waals surface area contributed by atoms with Crippen LogP contribution in [0.3, 0.4) is 0 Å². The molecule has 1 aliphatic carbocycles. The second-order valence-corrected chi connectivity index (χ2v) is 4.04. The zero-order valence-electron chi connectivity index (χ0n) is 7.77. The summed E-state index contributed by atoms with van der Waals surface area (Å²) in [5.41, 5.74) is 0. The molecular weight excluding hydrogens is 170 g/mol. The summed E-state index contributed by atoms with van der Waals surface area (Å²) >= 11 is 0. The minimum Gasteiger partial charge on any atom is -0.480 e. The van der Waals surface area contributed by atoms with E-state index in [4.69, 9.17) is 9.84 Å². The molecule has 3 aliphatic rings. The lowest BCUT2D eigenvalue weighted by atomic mass is 9.68. The van der Waals surface area contributed by atoms with Gasteiger partial charge in [-0.2, -0.15) is 0 Å². The summed E-state index contributed by atoms with van der Waals surface area (Å²) in [6, 6.07) is 0. The predicted octanol–water partition coefficient (Wildman–Crippen LogP) is 0.0377. The molecule has 2 aliphatic heterocycles. The molecule has 0 amide bonds. The standard InChI is InChI=1S/C9H15NO3/c1-13-9-6-2-7(9)4-10(3-6)5-8(11)12/h6-7,9H,2-5H2,1H3,(H,11,12)/t6-,7-/m0/s1. The highest BCUT2D eigenvalue weighted by atomic mass is 16.5. The first-order chi connectivity index (χ1) is 6.20. The Bertz CT molecular complexity index is 207. The van der Waals surface area contributed by atoms with E-state index in [9.17, 15) is 4.79 Å². The van der Waals surface area contributed by atoms with Crippen molar-refractivity contribution < 1.29 is 14.6 Å². The normalized spacial score (nSPS) is 38.4. The quantitative estimate of drug-likeness (QED) is 0.674. The molecule has 1 N–H and O–H groups in total. The highest BCUT2D eigenvalue weighted by Crippen LogP contribution is 2.41. The van der Waals surface area contributed by atoms with Gasteiger partial charge in [-0.1, -0.05) is 0 Å². The third-order valence-electron chi connectivity index (χ3n) is 3.15. The van der Waals surface area contributed by atoms with Gasteiger partial charge in [-0.15, -0.1) is 0 Å². The number of carboxylic acids is 1. The van der Waals surface area contributed by atoms with Crippen molar-refractivity contribution in [2.45, 2.75) is 12.5 Å². The molecule has 2 saturated heterocycles. The Morgan fingerprint density at radius 3 is 2.62 bits per heavy atom. The summed E-state index contributed by atoms with van der Waals surface area (Å²) in [6.07, 6.45) is 1.61. The van der Waals surface area contributed by atoms with Crippen molar-refractivity contribution in [1.29, 1.82) is 0 Å². The van der Waals surface area contributed by atoms with E-state index >= 15 is 0 Å². The number of rotatable bonds is 3. The molecule has 4 heteroatoms. The van der Waals surface area contributed by atoms with Gasteiger partial charge in [0.25, 0.3) is 0 Å². The molecule has 13 heavy (non-hydrogen) atoms. The van der Waals surface area contributed by atoms with Crippen molar-refractivity contribution in [3.63, 3.8) is 0 Å². The number of fused-ring (bicyclic) bond motifs is 2. The number of nitrogens with zero attached hydrogens (tertiary/aromatic N) is 1. The fourth-order valence-corrected chi connectivity index (χ4v) is 2.65. The second-order valence-electron chi connectivity index (χ2n) is 4.04. The van der Waals surface area contributed by atoms with Gasteiger partial charge < -0.3 is 9.84 Å². The average molecular weight is 185 g/mol. The van der Waals surface area contributed by atoms with Crippen LogP contribution in [0.1, 0.15) is 6.42 Å². The number of carbonyl (C=O) groups is 1. The van der Waals surface area contributed by atoms with Crippen LogP contribution in [0, 0.1) is 11.8 Å². The number of piperidine rings is 2. The van der Waals surface area contributed by atoms with Gasteiger partial charge in [0.05, 0.1) is 12.6 Å². The van der Waals surface area contributed by atoms with E-state index < -0.39 is 5.97 Å². The van der Waals surface area contributed by atoms with E-state index in [-0.39, 0.29) is 6.54 Å². The van der Waals surface area contributed by atoms with E-state index in [1.807, 2.05) is 4.90 Å². The second kappa shape index (κ2) is 3.27. The van der Waals surface area contributed by atoms with Crippen molar-refractivity contribution >= 4 is 5.97 Å². The minimum absolute atomic E-state index is 0.184. The molecule has 2 heterocycles. The van der Waals surface area contributed by atoms with Gasteiger partial charge in [-0.05, 0) is 18.3 Å². The number of hydrogen-bond donors (Lipinski definition) is 1. The first kappa shape index (κ1) is 8.97. The van der Waals surface area contributed by atoms with Crippen LogP contribution in [0.2, 0.25) is 0 Å². The lowest BCUT2D eigenvalue weighted by molar-refractivity contribution is -0.149.